The first kappa shape index (κ1) is 23.1. The van der Waals surface area contributed by atoms with Crippen molar-refractivity contribution in [3.05, 3.63) is 53.6 Å². The molecule has 1 fully saturated rings. The average Bonchev–Trinajstić information content (AvgIpc) is 2.76. The number of benzene rings is 2. The molecule has 1 saturated heterocycles. The molecule has 0 amide bonds. The molecule has 1 aliphatic heterocycles. The Balaban J connectivity index is 1.71. The van der Waals surface area contributed by atoms with Gasteiger partial charge in [0.2, 0.25) is 5.75 Å². The highest BCUT2D eigenvalue weighted by Gasteiger charge is 2.28. The topological polar surface area (TPSA) is 51.2 Å². The molecular weight excluding hydrogens is 392 g/mol. The molecule has 0 unspecified atom stereocenters. The van der Waals surface area contributed by atoms with Crippen molar-refractivity contribution in [2.45, 2.75) is 33.9 Å². The Hall–Kier alpha value is -2.57. The summed E-state index contributed by atoms with van der Waals surface area (Å²) in [5.74, 6) is 1.16. The zero-order valence-corrected chi connectivity index (χ0v) is 19.3. The summed E-state index contributed by atoms with van der Waals surface area (Å²) in [7, 11) is 3.15. The van der Waals surface area contributed by atoms with Gasteiger partial charge in [-0.25, -0.2) is 0 Å². The molecule has 31 heavy (non-hydrogen) atoms. The summed E-state index contributed by atoms with van der Waals surface area (Å²) < 4.78 is 16.8. The largest absolute Gasteiger partial charge is 0.493 e. The number of rotatable bonds is 7. The summed E-state index contributed by atoms with van der Waals surface area (Å²) in [6, 6.07) is 14.4. The van der Waals surface area contributed by atoms with Crippen molar-refractivity contribution in [1.29, 1.82) is 0 Å². The molecule has 2 aromatic rings. The molecule has 168 valence electrons. The van der Waals surface area contributed by atoms with E-state index in [-0.39, 0.29) is 5.97 Å². The Kier molecular flexibility index (Phi) is 7.57. The molecule has 0 spiro atoms. The monoisotopic (exact) mass is 426 g/mol. The Labute approximate surface area is 185 Å². The van der Waals surface area contributed by atoms with Crippen molar-refractivity contribution in [2.24, 2.45) is 5.41 Å². The highest BCUT2D eigenvalue weighted by molar-refractivity contribution is 5.79. The first-order valence-corrected chi connectivity index (χ1v) is 10.8. The van der Waals surface area contributed by atoms with E-state index in [1.54, 1.807) is 14.2 Å². The van der Waals surface area contributed by atoms with Gasteiger partial charge in [0.1, 0.15) is 0 Å². The molecule has 0 N–H and O–H groups in total. The standard InChI is InChI=1S/C25H34N2O4/c1-25(2,3)24(28)31-22-20(11-12-21(29-4)23(22)30-5)18-27-15-13-26(14-16-27)17-19-9-7-6-8-10-19/h6-12H,13-18H2,1-5H3. The molecule has 0 radical (unpaired) electrons. The van der Waals surface area contributed by atoms with Gasteiger partial charge in [-0.1, -0.05) is 36.4 Å². The van der Waals surface area contributed by atoms with Crippen LogP contribution in [0.2, 0.25) is 0 Å². The van der Waals surface area contributed by atoms with Gasteiger partial charge in [-0.3, -0.25) is 14.6 Å². The molecule has 0 atom stereocenters. The second-order valence-corrected chi connectivity index (χ2v) is 8.97. The second-order valence-electron chi connectivity index (χ2n) is 8.97. The summed E-state index contributed by atoms with van der Waals surface area (Å²) in [6.07, 6.45) is 0. The van der Waals surface area contributed by atoms with E-state index in [0.29, 0.717) is 23.8 Å². The van der Waals surface area contributed by atoms with E-state index in [1.165, 1.54) is 5.56 Å². The van der Waals surface area contributed by atoms with Crippen LogP contribution in [0.1, 0.15) is 31.9 Å². The van der Waals surface area contributed by atoms with Gasteiger partial charge >= 0.3 is 5.97 Å². The Morgan fingerprint density at radius 3 is 2.00 bits per heavy atom. The van der Waals surface area contributed by atoms with Crippen LogP contribution in [0.5, 0.6) is 17.2 Å². The molecular formula is C25H34N2O4. The number of esters is 1. The van der Waals surface area contributed by atoms with E-state index in [2.05, 4.69) is 40.1 Å². The summed E-state index contributed by atoms with van der Waals surface area (Å²) in [5, 5.41) is 0. The molecule has 6 heteroatoms. The maximum Gasteiger partial charge on any atom is 0.316 e. The molecule has 0 aliphatic carbocycles. The molecule has 1 heterocycles. The predicted molar refractivity (Wildman–Crippen MR) is 122 cm³/mol. The van der Waals surface area contributed by atoms with Crippen LogP contribution in [0.4, 0.5) is 0 Å². The lowest BCUT2D eigenvalue weighted by Gasteiger charge is -2.35. The highest BCUT2D eigenvalue weighted by Crippen LogP contribution is 2.41. The van der Waals surface area contributed by atoms with Crippen LogP contribution in [0.25, 0.3) is 0 Å². The minimum Gasteiger partial charge on any atom is -0.493 e. The van der Waals surface area contributed by atoms with Gasteiger partial charge in [0.25, 0.3) is 0 Å². The van der Waals surface area contributed by atoms with E-state index < -0.39 is 5.41 Å². The quantitative estimate of drug-likeness (QED) is 0.493. The lowest BCUT2D eigenvalue weighted by atomic mass is 9.97. The van der Waals surface area contributed by atoms with Crippen LogP contribution in [-0.2, 0) is 17.9 Å². The van der Waals surface area contributed by atoms with Crippen LogP contribution in [0.3, 0.4) is 0 Å². The van der Waals surface area contributed by atoms with Gasteiger partial charge in [0.05, 0.1) is 19.6 Å². The van der Waals surface area contributed by atoms with E-state index in [1.807, 2.05) is 32.9 Å². The molecule has 0 saturated carbocycles. The third kappa shape index (κ3) is 5.99. The van der Waals surface area contributed by atoms with Gasteiger partial charge in [-0.15, -0.1) is 0 Å². The summed E-state index contributed by atoms with van der Waals surface area (Å²) >= 11 is 0. The van der Waals surface area contributed by atoms with Gasteiger partial charge in [0, 0.05) is 44.8 Å². The zero-order chi connectivity index (χ0) is 22.4. The van der Waals surface area contributed by atoms with E-state index in [4.69, 9.17) is 14.2 Å². The third-order valence-corrected chi connectivity index (χ3v) is 5.50. The Morgan fingerprint density at radius 2 is 1.45 bits per heavy atom. The molecule has 1 aliphatic rings. The van der Waals surface area contributed by atoms with Crippen molar-refractivity contribution in [2.75, 3.05) is 40.4 Å². The van der Waals surface area contributed by atoms with Crippen molar-refractivity contribution in [1.82, 2.24) is 9.80 Å². The zero-order valence-electron chi connectivity index (χ0n) is 19.3. The van der Waals surface area contributed by atoms with E-state index >= 15 is 0 Å². The number of piperazine rings is 1. The number of hydrogen-bond acceptors (Lipinski definition) is 6. The number of nitrogens with zero attached hydrogens (tertiary/aromatic N) is 2. The first-order valence-electron chi connectivity index (χ1n) is 10.8. The third-order valence-electron chi connectivity index (χ3n) is 5.50. The van der Waals surface area contributed by atoms with Gasteiger partial charge in [-0.2, -0.15) is 0 Å². The van der Waals surface area contributed by atoms with Gasteiger partial charge in [-0.05, 0) is 32.4 Å². The highest BCUT2D eigenvalue weighted by atomic mass is 16.6. The molecule has 0 bridgehead atoms. The first-order chi connectivity index (χ1) is 14.8. The summed E-state index contributed by atoms with van der Waals surface area (Å²) in [6.45, 7) is 11.1. The number of carbonyl (C=O) groups excluding carboxylic acids is 1. The number of carbonyl (C=O) groups is 1. The maximum absolute atomic E-state index is 12.6. The predicted octanol–water partition coefficient (Wildman–Crippen LogP) is 3.97. The van der Waals surface area contributed by atoms with Crippen molar-refractivity contribution >= 4 is 5.97 Å². The minimum absolute atomic E-state index is 0.298. The number of methoxy groups -OCH3 is 2. The Morgan fingerprint density at radius 1 is 0.839 bits per heavy atom. The summed E-state index contributed by atoms with van der Waals surface area (Å²) in [5.41, 5.74) is 1.65. The van der Waals surface area contributed by atoms with E-state index in [9.17, 15) is 4.79 Å². The van der Waals surface area contributed by atoms with Crippen LogP contribution in [-0.4, -0.2) is 56.2 Å². The lowest BCUT2D eigenvalue weighted by molar-refractivity contribution is -0.143. The molecule has 2 aromatic carbocycles. The fourth-order valence-electron chi connectivity index (χ4n) is 3.61. The van der Waals surface area contributed by atoms with Crippen molar-refractivity contribution < 1.29 is 19.0 Å². The van der Waals surface area contributed by atoms with E-state index in [0.717, 1.165) is 38.3 Å². The van der Waals surface area contributed by atoms with Crippen LogP contribution < -0.4 is 14.2 Å². The average molecular weight is 427 g/mol. The number of ether oxygens (including phenoxy) is 3. The molecule has 6 nitrogen and oxygen atoms in total. The normalized spacial score (nSPS) is 15.5. The SMILES string of the molecule is COc1ccc(CN2CCN(Cc3ccccc3)CC2)c(OC(=O)C(C)(C)C)c1OC. The Bertz CT molecular complexity index is 869. The minimum atomic E-state index is -0.617. The van der Waals surface area contributed by atoms with Crippen LogP contribution >= 0.6 is 0 Å². The summed E-state index contributed by atoms with van der Waals surface area (Å²) in [4.78, 5) is 17.5. The lowest BCUT2D eigenvalue weighted by Crippen LogP contribution is -2.45. The molecule has 0 aromatic heterocycles. The van der Waals surface area contributed by atoms with Gasteiger partial charge in [0.15, 0.2) is 11.5 Å². The number of hydrogen-bond donors (Lipinski definition) is 0. The van der Waals surface area contributed by atoms with Crippen molar-refractivity contribution in [3.8, 4) is 17.2 Å². The fourth-order valence-corrected chi connectivity index (χ4v) is 3.61. The smallest absolute Gasteiger partial charge is 0.316 e. The maximum atomic E-state index is 12.6. The second kappa shape index (κ2) is 10.2. The van der Waals surface area contributed by atoms with Crippen molar-refractivity contribution in [3.63, 3.8) is 0 Å². The fraction of sp³-hybridized carbons (Fsp3) is 0.480. The molecule has 3 rings (SSSR count). The van der Waals surface area contributed by atoms with Gasteiger partial charge < -0.3 is 14.2 Å². The van der Waals surface area contributed by atoms with Crippen LogP contribution in [0.15, 0.2) is 42.5 Å². The van der Waals surface area contributed by atoms with Crippen LogP contribution in [0, 0.1) is 5.41 Å².